The lowest BCUT2D eigenvalue weighted by Crippen LogP contribution is -2.33. The van der Waals surface area contributed by atoms with E-state index in [1.807, 2.05) is 65.8 Å². The SMILES string of the molecule is COC1C=C2C(=CN(CCNCc3cccnc3)C(C#N)=C2c2ccccc2)CC1=O. The normalized spacial score (nSPS) is 18.3. The summed E-state index contributed by atoms with van der Waals surface area (Å²) in [5, 5.41) is 13.5. The number of nitrogens with one attached hydrogen (secondary N) is 1. The Morgan fingerprint density at radius 3 is 2.81 bits per heavy atom. The van der Waals surface area contributed by atoms with Crippen molar-refractivity contribution in [3.05, 3.63) is 95.1 Å². The predicted molar refractivity (Wildman–Crippen MR) is 118 cm³/mol. The van der Waals surface area contributed by atoms with Crippen molar-refractivity contribution in [2.24, 2.45) is 0 Å². The highest BCUT2D eigenvalue weighted by molar-refractivity contribution is 5.98. The van der Waals surface area contributed by atoms with Gasteiger partial charge in [-0.15, -0.1) is 0 Å². The van der Waals surface area contributed by atoms with E-state index in [0.29, 0.717) is 31.8 Å². The number of ether oxygens (including phenoxy) is 1. The molecule has 1 unspecified atom stereocenters. The largest absolute Gasteiger partial charge is 0.370 e. The van der Waals surface area contributed by atoms with Crippen molar-refractivity contribution in [3.63, 3.8) is 0 Å². The summed E-state index contributed by atoms with van der Waals surface area (Å²) in [7, 11) is 1.54. The fraction of sp³-hybridized carbons (Fsp3) is 0.240. The molecule has 1 atom stereocenters. The number of hydrogen-bond acceptors (Lipinski definition) is 6. The lowest BCUT2D eigenvalue weighted by molar-refractivity contribution is -0.125. The van der Waals surface area contributed by atoms with E-state index in [4.69, 9.17) is 4.74 Å². The first-order valence-electron chi connectivity index (χ1n) is 10.3. The maximum absolute atomic E-state index is 12.5. The molecule has 1 aliphatic carbocycles. The number of hydrogen-bond donors (Lipinski definition) is 1. The Balaban J connectivity index is 1.62. The van der Waals surface area contributed by atoms with Gasteiger partial charge in [0.2, 0.25) is 0 Å². The second kappa shape index (κ2) is 9.52. The highest BCUT2D eigenvalue weighted by Gasteiger charge is 2.33. The van der Waals surface area contributed by atoms with E-state index in [0.717, 1.165) is 27.8 Å². The molecular formula is C25H24N4O2. The van der Waals surface area contributed by atoms with Gasteiger partial charge in [0.05, 0.1) is 0 Å². The number of methoxy groups -OCH3 is 1. The molecule has 0 amide bonds. The molecule has 6 heteroatoms. The van der Waals surface area contributed by atoms with Crippen LogP contribution in [0.5, 0.6) is 0 Å². The van der Waals surface area contributed by atoms with Gasteiger partial charge in [-0.2, -0.15) is 5.26 Å². The third-order valence-electron chi connectivity index (χ3n) is 5.45. The molecule has 1 aromatic carbocycles. The fourth-order valence-corrected chi connectivity index (χ4v) is 3.95. The summed E-state index contributed by atoms with van der Waals surface area (Å²) in [5.41, 5.74) is 5.32. The van der Waals surface area contributed by atoms with Crippen molar-refractivity contribution >= 4 is 11.4 Å². The summed E-state index contributed by atoms with van der Waals surface area (Å²) < 4.78 is 5.37. The van der Waals surface area contributed by atoms with Crippen molar-refractivity contribution in [2.45, 2.75) is 19.1 Å². The average molecular weight is 412 g/mol. The van der Waals surface area contributed by atoms with Crippen LogP contribution < -0.4 is 5.32 Å². The Kier molecular flexibility index (Phi) is 6.37. The van der Waals surface area contributed by atoms with Gasteiger partial charge in [0.25, 0.3) is 0 Å². The number of rotatable bonds is 7. The quantitative estimate of drug-likeness (QED) is 0.704. The van der Waals surface area contributed by atoms with Crippen LogP contribution in [0.2, 0.25) is 0 Å². The number of benzene rings is 1. The highest BCUT2D eigenvalue weighted by Crippen LogP contribution is 2.40. The molecule has 2 heterocycles. The van der Waals surface area contributed by atoms with E-state index in [1.165, 1.54) is 7.11 Å². The summed E-state index contributed by atoms with van der Waals surface area (Å²) in [6, 6.07) is 16.2. The van der Waals surface area contributed by atoms with E-state index in [1.54, 1.807) is 6.20 Å². The van der Waals surface area contributed by atoms with Gasteiger partial charge in [0.1, 0.15) is 17.9 Å². The van der Waals surface area contributed by atoms with Gasteiger partial charge in [-0.25, -0.2) is 0 Å². The molecular weight excluding hydrogens is 388 g/mol. The lowest BCUT2D eigenvalue weighted by Gasteiger charge is -2.33. The van der Waals surface area contributed by atoms with Crippen molar-refractivity contribution in [1.29, 1.82) is 5.26 Å². The second-order valence-corrected chi connectivity index (χ2v) is 7.47. The number of Topliss-reactive ketones (excluding diaryl/α,β-unsaturated/α-hetero) is 1. The standard InChI is InChI=1S/C25H24N4O2/c1-31-24-13-21-20(12-23(24)30)17-29(11-10-28-16-18-6-5-9-27-15-18)22(14-26)25(21)19-7-3-2-4-8-19/h2-9,13,15,17,24,28H,10-12,16H2,1H3. The maximum atomic E-state index is 12.5. The zero-order valence-electron chi connectivity index (χ0n) is 17.4. The highest BCUT2D eigenvalue weighted by atomic mass is 16.5. The van der Waals surface area contributed by atoms with Gasteiger partial charge >= 0.3 is 0 Å². The van der Waals surface area contributed by atoms with Gasteiger partial charge in [-0.3, -0.25) is 9.78 Å². The molecule has 0 saturated heterocycles. The third-order valence-corrected chi connectivity index (χ3v) is 5.45. The first-order chi connectivity index (χ1) is 15.2. The van der Waals surface area contributed by atoms with E-state index >= 15 is 0 Å². The number of aromatic nitrogens is 1. The molecule has 6 nitrogen and oxygen atoms in total. The van der Waals surface area contributed by atoms with E-state index in [-0.39, 0.29) is 5.78 Å². The zero-order valence-corrected chi connectivity index (χ0v) is 17.4. The molecule has 4 rings (SSSR count). The smallest absolute Gasteiger partial charge is 0.169 e. The summed E-state index contributed by atoms with van der Waals surface area (Å²) in [6.07, 6.45) is 7.07. The molecule has 0 saturated carbocycles. The minimum Gasteiger partial charge on any atom is -0.370 e. The Morgan fingerprint density at radius 1 is 1.26 bits per heavy atom. The molecule has 1 aliphatic heterocycles. The average Bonchev–Trinajstić information content (AvgIpc) is 2.81. The monoisotopic (exact) mass is 412 g/mol. The molecule has 0 fully saturated rings. The molecule has 1 aromatic heterocycles. The van der Waals surface area contributed by atoms with Crippen LogP contribution in [-0.2, 0) is 16.1 Å². The van der Waals surface area contributed by atoms with Crippen LogP contribution in [0.4, 0.5) is 0 Å². The first-order valence-corrected chi connectivity index (χ1v) is 10.3. The number of nitrogens with zero attached hydrogens (tertiary/aromatic N) is 3. The Hall–Kier alpha value is -3.53. The minimum absolute atomic E-state index is 0.0278. The van der Waals surface area contributed by atoms with E-state index in [9.17, 15) is 10.1 Å². The zero-order chi connectivity index (χ0) is 21.6. The molecule has 0 radical (unpaired) electrons. The molecule has 2 aromatic rings. The van der Waals surface area contributed by atoms with Crippen LogP contribution in [0.25, 0.3) is 5.57 Å². The summed E-state index contributed by atoms with van der Waals surface area (Å²) in [4.78, 5) is 18.5. The molecule has 0 spiro atoms. The molecule has 156 valence electrons. The molecule has 0 bridgehead atoms. The van der Waals surface area contributed by atoms with Crippen LogP contribution in [0.15, 0.2) is 84.0 Å². The van der Waals surface area contributed by atoms with Gasteiger partial charge < -0.3 is 15.0 Å². The minimum atomic E-state index is -0.585. The molecule has 31 heavy (non-hydrogen) atoms. The lowest BCUT2D eigenvalue weighted by atomic mass is 9.81. The fourth-order valence-electron chi connectivity index (χ4n) is 3.95. The Labute approximate surface area is 182 Å². The van der Waals surface area contributed by atoms with Gasteiger partial charge in [0.15, 0.2) is 5.78 Å². The van der Waals surface area contributed by atoms with Gasteiger partial charge in [-0.05, 0) is 34.4 Å². The number of pyridine rings is 1. The summed E-state index contributed by atoms with van der Waals surface area (Å²) >= 11 is 0. The molecule has 2 aliphatic rings. The number of nitriles is 1. The van der Waals surface area contributed by atoms with Crippen LogP contribution in [0, 0.1) is 11.3 Å². The second-order valence-electron chi connectivity index (χ2n) is 7.47. The maximum Gasteiger partial charge on any atom is 0.169 e. The first kappa shape index (κ1) is 20.7. The molecule has 1 N–H and O–H groups in total. The summed E-state index contributed by atoms with van der Waals surface area (Å²) in [6.45, 7) is 1.99. The third kappa shape index (κ3) is 4.48. The number of allylic oxidation sites excluding steroid dienone is 4. The van der Waals surface area contributed by atoms with Gasteiger partial charge in [-0.1, -0.05) is 36.4 Å². The van der Waals surface area contributed by atoms with Crippen molar-refractivity contribution in [2.75, 3.05) is 20.2 Å². The van der Waals surface area contributed by atoms with E-state index in [2.05, 4.69) is 16.4 Å². The number of ketones is 1. The van der Waals surface area contributed by atoms with Crippen LogP contribution in [0.1, 0.15) is 17.5 Å². The van der Waals surface area contributed by atoms with Crippen LogP contribution >= 0.6 is 0 Å². The van der Waals surface area contributed by atoms with E-state index < -0.39 is 6.10 Å². The number of carbonyl (C=O) groups excluding carboxylic acids is 1. The topological polar surface area (TPSA) is 78.2 Å². The Bertz CT molecular complexity index is 1080. The van der Waals surface area contributed by atoms with Crippen molar-refractivity contribution in [1.82, 2.24) is 15.2 Å². The van der Waals surface area contributed by atoms with Gasteiger partial charge in [0, 0.05) is 57.3 Å². The number of fused-ring (bicyclic) bond motifs is 1. The van der Waals surface area contributed by atoms with Crippen molar-refractivity contribution in [3.8, 4) is 6.07 Å². The predicted octanol–water partition coefficient (Wildman–Crippen LogP) is 3.22. The Morgan fingerprint density at radius 2 is 2.10 bits per heavy atom. The number of carbonyl (C=O) groups is 1. The van der Waals surface area contributed by atoms with Crippen LogP contribution in [0.3, 0.4) is 0 Å². The van der Waals surface area contributed by atoms with Crippen LogP contribution in [-0.4, -0.2) is 42.0 Å². The summed E-state index contributed by atoms with van der Waals surface area (Å²) in [5.74, 6) is 0.0278. The van der Waals surface area contributed by atoms with Crippen molar-refractivity contribution < 1.29 is 9.53 Å².